The molecule has 106 valence electrons. The zero-order valence-electron chi connectivity index (χ0n) is 12.2. The topological polar surface area (TPSA) is 39.1 Å². The van der Waals surface area contributed by atoms with Gasteiger partial charge in [-0.1, -0.05) is 6.07 Å². The van der Waals surface area contributed by atoms with E-state index in [1.807, 2.05) is 12.1 Å². The molecule has 2 aliphatic rings. The average molecular weight is 269 g/mol. The van der Waals surface area contributed by atoms with E-state index in [9.17, 15) is 0 Å². The van der Waals surface area contributed by atoms with Crippen LogP contribution in [-0.2, 0) is 6.54 Å². The van der Waals surface area contributed by atoms with E-state index in [-0.39, 0.29) is 0 Å². The minimum Gasteiger partial charge on any atom is -0.310 e. The molecule has 1 aromatic carbocycles. The van der Waals surface area contributed by atoms with Crippen molar-refractivity contribution in [2.75, 3.05) is 13.1 Å². The standard InChI is InChI=1S/C17H23N3/c1-13-9-14(11-18)4-5-15(13)12-19-16-6-8-20-7-2-3-17(20)10-16/h4-5,9,16-17,19H,2-3,6-8,10,12H2,1H3. The molecule has 2 aliphatic heterocycles. The minimum absolute atomic E-state index is 0.657. The van der Waals surface area contributed by atoms with Crippen LogP contribution in [-0.4, -0.2) is 30.1 Å². The summed E-state index contributed by atoms with van der Waals surface area (Å²) >= 11 is 0. The van der Waals surface area contributed by atoms with Crippen LogP contribution in [0.2, 0.25) is 0 Å². The maximum Gasteiger partial charge on any atom is 0.0991 e. The summed E-state index contributed by atoms with van der Waals surface area (Å²) in [6, 6.07) is 9.67. The fraction of sp³-hybridized carbons (Fsp3) is 0.588. The number of hydrogen-bond donors (Lipinski definition) is 1. The predicted molar refractivity (Wildman–Crippen MR) is 80.4 cm³/mol. The Morgan fingerprint density at radius 2 is 2.25 bits per heavy atom. The highest BCUT2D eigenvalue weighted by Crippen LogP contribution is 2.27. The van der Waals surface area contributed by atoms with Gasteiger partial charge in [-0.05, 0) is 69.0 Å². The van der Waals surface area contributed by atoms with Gasteiger partial charge in [-0.25, -0.2) is 0 Å². The van der Waals surface area contributed by atoms with Gasteiger partial charge in [0.05, 0.1) is 11.6 Å². The van der Waals surface area contributed by atoms with E-state index in [0.29, 0.717) is 6.04 Å². The molecular formula is C17H23N3. The zero-order valence-corrected chi connectivity index (χ0v) is 12.2. The van der Waals surface area contributed by atoms with Crippen LogP contribution in [0.1, 0.15) is 42.4 Å². The Morgan fingerprint density at radius 3 is 3.05 bits per heavy atom. The van der Waals surface area contributed by atoms with E-state index in [2.05, 4.69) is 29.3 Å². The molecule has 2 saturated heterocycles. The molecule has 2 atom stereocenters. The lowest BCUT2D eigenvalue weighted by atomic mass is 9.97. The van der Waals surface area contributed by atoms with Crippen molar-refractivity contribution in [3.05, 3.63) is 34.9 Å². The third-order valence-corrected chi connectivity index (χ3v) is 4.87. The molecule has 0 amide bonds. The molecule has 0 saturated carbocycles. The van der Waals surface area contributed by atoms with Gasteiger partial charge in [-0.2, -0.15) is 5.26 Å². The number of benzene rings is 1. The lowest BCUT2D eigenvalue weighted by molar-refractivity contribution is 0.166. The Morgan fingerprint density at radius 1 is 1.35 bits per heavy atom. The van der Waals surface area contributed by atoms with Gasteiger partial charge in [0.1, 0.15) is 0 Å². The van der Waals surface area contributed by atoms with E-state index in [1.165, 1.54) is 49.9 Å². The van der Waals surface area contributed by atoms with E-state index < -0.39 is 0 Å². The Bertz CT molecular complexity index is 517. The largest absolute Gasteiger partial charge is 0.310 e. The number of nitrogens with zero attached hydrogens (tertiary/aromatic N) is 2. The number of rotatable bonds is 3. The molecule has 0 aromatic heterocycles. The van der Waals surface area contributed by atoms with Crippen LogP contribution >= 0.6 is 0 Å². The van der Waals surface area contributed by atoms with E-state index in [1.54, 1.807) is 0 Å². The Labute approximate surface area is 121 Å². The molecule has 3 heteroatoms. The maximum atomic E-state index is 8.90. The van der Waals surface area contributed by atoms with Gasteiger partial charge >= 0.3 is 0 Å². The van der Waals surface area contributed by atoms with Crippen LogP contribution in [0.4, 0.5) is 0 Å². The fourth-order valence-corrected chi connectivity index (χ4v) is 3.63. The molecule has 20 heavy (non-hydrogen) atoms. The van der Waals surface area contributed by atoms with Crippen LogP contribution < -0.4 is 5.32 Å². The number of aryl methyl sites for hydroxylation is 1. The third kappa shape index (κ3) is 2.87. The van der Waals surface area contributed by atoms with Crippen molar-refractivity contribution in [1.82, 2.24) is 10.2 Å². The molecule has 1 N–H and O–H groups in total. The molecule has 2 heterocycles. The molecule has 0 aliphatic carbocycles. The Hall–Kier alpha value is -1.37. The second-order valence-corrected chi connectivity index (χ2v) is 6.19. The average Bonchev–Trinajstić information content (AvgIpc) is 2.93. The van der Waals surface area contributed by atoms with Crippen molar-refractivity contribution in [2.45, 2.75) is 51.2 Å². The summed E-state index contributed by atoms with van der Waals surface area (Å²) < 4.78 is 0. The summed E-state index contributed by atoms with van der Waals surface area (Å²) in [4.78, 5) is 2.66. The third-order valence-electron chi connectivity index (χ3n) is 4.87. The minimum atomic E-state index is 0.657. The number of fused-ring (bicyclic) bond motifs is 1. The van der Waals surface area contributed by atoms with Crippen LogP contribution in [0.25, 0.3) is 0 Å². The lowest BCUT2D eigenvalue weighted by Gasteiger charge is -2.35. The van der Waals surface area contributed by atoms with Crippen molar-refractivity contribution in [3.63, 3.8) is 0 Å². The first-order chi connectivity index (χ1) is 9.76. The van der Waals surface area contributed by atoms with Gasteiger partial charge < -0.3 is 10.2 Å². The van der Waals surface area contributed by atoms with Crippen molar-refractivity contribution in [3.8, 4) is 6.07 Å². The highest BCUT2D eigenvalue weighted by atomic mass is 15.2. The van der Waals surface area contributed by atoms with Gasteiger partial charge in [-0.3, -0.25) is 0 Å². The predicted octanol–water partition coefficient (Wildman–Crippen LogP) is 2.58. The van der Waals surface area contributed by atoms with Crippen molar-refractivity contribution < 1.29 is 0 Å². The summed E-state index contributed by atoms with van der Waals surface area (Å²) in [6.45, 7) is 5.59. The van der Waals surface area contributed by atoms with E-state index in [0.717, 1.165) is 18.2 Å². The Balaban J connectivity index is 1.56. The van der Waals surface area contributed by atoms with Gasteiger partial charge in [-0.15, -0.1) is 0 Å². The van der Waals surface area contributed by atoms with Gasteiger partial charge in [0.25, 0.3) is 0 Å². The SMILES string of the molecule is Cc1cc(C#N)ccc1CNC1CCN2CCCC2C1. The second-order valence-electron chi connectivity index (χ2n) is 6.19. The molecule has 2 unspecified atom stereocenters. The fourth-order valence-electron chi connectivity index (χ4n) is 3.63. The molecule has 0 spiro atoms. The zero-order chi connectivity index (χ0) is 13.9. The maximum absolute atomic E-state index is 8.90. The Kier molecular flexibility index (Phi) is 4.05. The monoisotopic (exact) mass is 269 g/mol. The second kappa shape index (κ2) is 5.95. The van der Waals surface area contributed by atoms with E-state index >= 15 is 0 Å². The molecule has 0 bridgehead atoms. The summed E-state index contributed by atoms with van der Waals surface area (Å²) in [5, 5.41) is 12.6. The highest BCUT2D eigenvalue weighted by Gasteiger charge is 2.31. The smallest absolute Gasteiger partial charge is 0.0991 e. The number of nitrogens with one attached hydrogen (secondary N) is 1. The lowest BCUT2D eigenvalue weighted by Crippen LogP contribution is -2.45. The summed E-state index contributed by atoms with van der Waals surface area (Å²) in [5.74, 6) is 0. The molecule has 2 fully saturated rings. The molecule has 3 rings (SSSR count). The normalized spacial score (nSPS) is 26.2. The van der Waals surface area contributed by atoms with Gasteiger partial charge in [0.15, 0.2) is 0 Å². The number of piperidine rings is 1. The first-order valence-electron chi connectivity index (χ1n) is 7.73. The summed E-state index contributed by atoms with van der Waals surface area (Å²) in [6.07, 6.45) is 5.33. The van der Waals surface area contributed by atoms with Crippen molar-refractivity contribution >= 4 is 0 Å². The van der Waals surface area contributed by atoms with Crippen molar-refractivity contribution in [2.24, 2.45) is 0 Å². The first kappa shape index (κ1) is 13.6. The van der Waals surface area contributed by atoms with Gasteiger partial charge in [0, 0.05) is 18.6 Å². The molecule has 0 radical (unpaired) electrons. The molecule has 1 aromatic rings. The van der Waals surface area contributed by atoms with Crippen LogP contribution in [0, 0.1) is 18.3 Å². The van der Waals surface area contributed by atoms with Gasteiger partial charge in [0.2, 0.25) is 0 Å². The number of nitriles is 1. The quantitative estimate of drug-likeness (QED) is 0.916. The van der Waals surface area contributed by atoms with Crippen LogP contribution in [0.5, 0.6) is 0 Å². The highest BCUT2D eigenvalue weighted by molar-refractivity contribution is 5.37. The van der Waals surface area contributed by atoms with E-state index in [4.69, 9.17) is 5.26 Å². The molecule has 3 nitrogen and oxygen atoms in total. The van der Waals surface area contributed by atoms with Crippen LogP contribution in [0.15, 0.2) is 18.2 Å². The summed E-state index contributed by atoms with van der Waals surface area (Å²) in [7, 11) is 0. The molecular weight excluding hydrogens is 246 g/mol. The van der Waals surface area contributed by atoms with Crippen LogP contribution in [0.3, 0.4) is 0 Å². The van der Waals surface area contributed by atoms with Crippen molar-refractivity contribution in [1.29, 1.82) is 5.26 Å². The first-order valence-corrected chi connectivity index (χ1v) is 7.73. The summed E-state index contributed by atoms with van der Waals surface area (Å²) in [5.41, 5.74) is 3.29. The number of hydrogen-bond acceptors (Lipinski definition) is 3.